The fourth-order valence-electron chi connectivity index (χ4n) is 4.24. The number of nitrogens with one attached hydrogen (secondary N) is 2. The second kappa shape index (κ2) is 8.22. The third-order valence-electron chi connectivity index (χ3n) is 6.14. The van der Waals surface area contributed by atoms with Gasteiger partial charge in [0.25, 0.3) is 11.8 Å². The van der Waals surface area contributed by atoms with Crippen molar-refractivity contribution < 1.29 is 13.6 Å². The van der Waals surface area contributed by atoms with Crippen LogP contribution in [0.25, 0.3) is 33.5 Å². The molecule has 0 aliphatic carbocycles. The van der Waals surface area contributed by atoms with Crippen LogP contribution in [0.2, 0.25) is 0 Å². The smallest absolute Gasteiger partial charge is 0.282 e. The van der Waals surface area contributed by atoms with E-state index in [1.54, 1.807) is 48.5 Å². The Morgan fingerprint density at radius 3 is 2.64 bits per heavy atom. The van der Waals surface area contributed by atoms with E-state index < -0.39 is 24.9 Å². The third kappa shape index (κ3) is 3.94. The van der Waals surface area contributed by atoms with Crippen LogP contribution in [0, 0.1) is 0 Å². The molecule has 180 valence electrons. The van der Waals surface area contributed by atoms with E-state index in [1.807, 2.05) is 30.3 Å². The molecule has 36 heavy (non-hydrogen) atoms. The fourth-order valence-corrected chi connectivity index (χ4v) is 4.24. The number of anilines is 2. The van der Waals surface area contributed by atoms with Gasteiger partial charge in [0, 0.05) is 41.5 Å². The Hall–Kier alpha value is -4.67. The van der Waals surface area contributed by atoms with Crippen LogP contribution in [0.3, 0.4) is 0 Å². The first-order chi connectivity index (χ1) is 17.4. The summed E-state index contributed by atoms with van der Waals surface area (Å²) >= 11 is 0. The number of rotatable bonds is 5. The zero-order valence-electron chi connectivity index (χ0n) is 19.1. The van der Waals surface area contributed by atoms with Gasteiger partial charge in [-0.05, 0) is 30.3 Å². The van der Waals surface area contributed by atoms with Crippen LogP contribution >= 0.6 is 0 Å². The molecule has 5 aromatic rings. The van der Waals surface area contributed by atoms with Crippen molar-refractivity contribution in [3.8, 4) is 22.6 Å². The van der Waals surface area contributed by atoms with Crippen molar-refractivity contribution in [1.82, 2.24) is 34.6 Å². The predicted molar refractivity (Wildman–Crippen MR) is 130 cm³/mol. The molecule has 0 unspecified atom stereocenters. The van der Waals surface area contributed by atoms with Crippen LogP contribution in [0.5, 0.6) is 0 Å². The van der Waals surface area contributed by atoms with Gasteiger partial charge in [-0.1, -0.05) is 12.1 Å². The first-order valence-electron chi connectivity index (χ1n) is 11.2. The molecule has 0 bridgehead atoms. The van der Waals surface area contributed by atoms with E-state index in [1.165, 1.54) is 0 Å². The lowest BCUT2D eigenvalue weighted by atomic mass is 10.1. The number of aromatic nitrogens is 6. The Morgan fingerprint density at radius 2 is 1.92 bits per heavy atom. The lowest BCUT2D eigenvalue weighted by molar-refractivity contribution is -0.113. The van der Waals surface area contributed by atoms with E-state index in [-0.39, 0.29) is 0 Å². The molecule has 5 heterocycles. The molecule has 1 amide bonds. The van der Waals surface area contributed by atoms with Crippen molar-refractivity contribution in [3.63, 3.8) is 0 Å². The molecule has 4 aromatic heterocycles. The van der Waals surface area contributed by atoms with Crippen molar-refractivity contribution in [2.24, 2.45) is 7.05 Å². The van der Waals surface area contributed by atoms with E-state index in [0.717, 1.165) is 38.3 Å². The van der Waals surface area contributed by atoms with Gasteiger partial charge in [0.2, 0.25) is 0 Å². The lowest BCUT2D eigenvalue weighted by Gasteiger charge is -2.38. The van der Waals surface area contributed by atoms with Crippen molar-refractivity contribution in [1.29, 1.82) is 0 Å². The molecule has 9 nitrogen and oxygen atoms in total. The normalized spacial score (nSPS) is 14.6. The van der Waals surface area contributed by atoms with E-state index in [4.69, 9.17) is 0 Å². The van der Waals surface area contributed by atoms with E-state index >= 15 is 0 Å². The molecule has 0 radical (unpaired) electrons. The molecule has 1 aliphatic heterocycles. The molecule has 1 aliphatic rings. The minimum atomic E-state index is -2.80. The molecule has 1 saturated heterocycles. The zero-order valence-corrected chi connectivity index (χ0v) is 19.1. The number of benzene rings is 1. The average Bonchev–Trinajstić information content (AvgIpc) is 3.51. The summed E-state index contributed by atoms with van der Waals surface area (Å²) in [5, 5.41) is 10.8. The molecule has 2 N–H and O–H groups in total. The Kier molecular flexibility index (Phi) is 4.99. The number of likely N-dealkylation sites (tertiary alicyclic amines) is 1. The summed E-state index contributed by atoms with van der Waals surface area (Å²) in [7, 11) is 1.75. The van der Waals surface area contributed by atoms with Crippen molar-refractivity contribution in [2.75, 3.05) is 18.4 Å². The summed E-state index contributed by atoms with van der Waals surface area (Å²) in [4.78, 5) is 27.3. The maximum atomic E-state index is 13.2. The Labute approximate surface area is 203 Å². The number of hydrogen-bond donors (Lipinski definition) is 2. The lowest BCUT2D eigenvalue weighted by Crippen LogP contribution is -2.58. The van der Waals surface area contributed by atoms with Gasteiger partial charge in [0.15, 0.2) is 5.82 Å². The van der Waals surface area contributed by atoms with Gasteiger partial charge in [-0.3, -0.25) is 14.9 Å². The minimum Gasteiger partial charge on any atom is -0.340 e. The van der Waals surface area contributed by atoms with Crippen LogP contribution in [-0.2, 0) is 7.05 Å². The quantitative estimate of drug-likeness (QED) is 0.385. The number of halogens is 2. The van der Waals surface area contributed by atoms with Crippen molar-refractivity contribution >= 4 is 28.3 Å². The number of aryl methyl sites for hydroxylation is 1. The summed E-state index contributed by atoms with van der Waals surface area (Å²) in [6, 6.07) is 12.9. The Balaban J connectivity index is 1.24. The van der Waals surface area contributed by atoms with Gasteiger partial charge >= 0.3 is 0 Å². The molecule has 6 rings (SSSR count). The second-order valence-electron chi connectivity index (χ2n) is 8.69. The number of alkyl halides is 2. The molecule has 11 heteroatoms. The standard InChI is InChI=1S/C25H20F2N8O/c1-34-20-9-16(3-2-15(20)8-21(34)24(36)35-13-25(26,27)14-35)23-28-7-6-22(33-23)32-18-4-5-19(29-12-18)17-10-30-31-11-17/h2-12H,13-14H2,1H3,(H,30,31)(H,28,32,33). The molecule has 1 fully saturated rings. The number of fused-ring (bicyclic) bond motifs is 1. The number of nitrogens with zero attached hydrogens (tertiary/aromatic N) is 6. The largest absolute Gasteiger partial charge is 0.340 e. The summed E-state index contributed by atoms with van der Waals surface area (Å²) < 4.78 is 28.2. The highest BCUT2D eigenvalue weighted by Gasteiger charge is 2.46. The molecular formula is C25H20F2N8O. The molecular weight excluding hydrogens is 466 g/mol. The van der Waals surface area contributed by atoms with Gasteiger partial charge in [-0.15, -0.1) is 0 Å². The monoisotopic (exact) mass is 486 g/mol. The fraction of sp³-hybridized carbons (Fsp3) is 0.160. The summed E-state index contributed by atoms with van der Waals surface area (Å²) in [6.45, 7) is -1.10. The molecule has 1 aromatic carbocycles. The highest BCUT2D eigenvalue weighted by atomic mass is 19.3. The van der Waals surface area contributed by atoms with Gasteiger partial charge in [0.1, 0.15) is 11.5 Å². The van der Waals surface area contributed by atoms with E-state index in [2.05, 4.69) is 30.5 Å². The first-order valence-corrected chi connectivity index (χ1v) is 11.2. The van der Waals surface area contributed by atoms with Gasteiger partial charge in [-0.25, -0.2) is 18.7 Å². The maximum absolute atomic E-state index is 13.2. The zero-order chi connectivity index (χ0) is 24.9. The van der Waals surface area contributed by atoms with Gasteiger partial charge < -0.3 is 14.8 Å². The minimum absolute atomic E-state index is 0.361. The van der Waals surface area contributed by atoms with E-state index in [9.17, 15) is 13.6 Å². The third-order valence-corrected chi connectivity index (χ3v) is 6.14. The Bertz CT molecular complexity index is 1570. The van der Waals surface area contributed by atoms with Crippen LogP contribution in [0.1, 0.15) is 10.5 Å². The summed E-state index contributed by atoms with van der Waals surface area (Å²) in [5.74, 6) is -2.11. The van der Waals surface area contributed by atoms with Crippen molar-refractivity contribution in [2.45, 2.75) is 5.92 Å². The van der Waals surface area contributed by atoms with Gasteiger partial charge in [-0.2, -0.15) is 5.10 Å². The summed E-state index contributed by atoms with van der Waals surface area (Å²) in [6.07, 6.45) is 6.86. The molecule has 0 saturated carbocycles. The molecule has 0 atom stereocenters. The highest BCUT2D eigenvalue weighted by molar-refractivity contribution is 6.00. The first kappa shape index (κ1) is 21.8. The predicted octanol–water partition coefficient (Wildman–Crippen LogP) is 4.26. The number of hydrogen-bond acceptors (Lipinski definition) is 6. The van der Waals surface area contributed by atoms with Crippen LogP contribution in [0.15, 0.2) is 67.3 Å². The average molecular weight is 486 g/mol. The van der Waals surface area contributed by atoms with Gasteiger partial charge in [0.05, 0.1) is 36.9 Å². The maximum Gasteiger partial charge on any atom is 0.282 e. The van der Waals surface area contributed by atoms with Crippen molar-refractivity contribution in [3.05, 3.63) is 72.9 Å². The molecule has 0 spiro atoms. The summed E-state index contributed by atoms with van der Waals surface area (Å²) in [5.41, 5.74) is 4.37. The van der Waals surface area contributed by atoms with E-state index in [0.29, 0.717) is 17.3 Å². The second-order valence-corrected chi connectivity index (χ2v) is 8.69. The highest BCUT2D eigenvalue weighted by Crippen LogP contribution is 2.31. The topological polar surface area (TPSA) is 105 Å². The number of amides is 1. The number of carbonyl (C=O) groups excluding carboxylic acids is 1. The number of H-pyrrole nitrogens is 1. The number of pyridine rings is 1. The number of aromatic amines is 1. The Morgan fingerprint density at radius 1 is 1.06 bits per heavy atom. The van der Waals surface area contributed by atoms with Crippen LogP contribution in [-0.4, -0.2) is 59.5 Å². The van der Waals surface area contributed by atoms with Crippen LogP contribution in [0.4, 0.5) is 20.3 Å². The SMILES string of the molecule is Cn1c(C(=O)N2CC(F)(F)C2)cc2ccc(-c3nccc(Nc4ccc(-c5cn[nH]c5)nc4)n3)cc21. The number of carbonyl (C=O) groups is 1. The van der Waals surface area contributed by atoms with Crippen LogP contribution < -0.4 is 5.32 Å².